The van der Waals surface area contributed by atoms with Crippen LogP contribution in [0, 0.1) is 27.7 Å². The molecule has 1 unspecified atom stereocenters. The fourth-order valence-corrected chi connectivity index (χ4v) is 4.56. The third-order valence-corrected chi connectivity index (χ3v) is 7.00. The topological polar surface area (TPSA) is 103 Å². The minimum atomic E-state index is -0.872. The number of β-amino-alcohol motifs (C(OH)–C–C–N with tert-alkyl or cyclic N) is 1. The minimum Gasteiger partial charge on any atom is -0.496 e. The van der Waals surface area contributed by atoms with Gasteiger partial charge in [0.15, 0.2) is 11.5 Å². The van der Waals surface area contributed by atoms with Gasteiger partial charge in [-0.05, 0) is 112 Å². The summed E-state index contributed by atoms with van der Waals surface area (Å²) < 4.78 is 22.2. The zero-order chi connectivity index (χ0) is 31.2. The summed E-state index contributed by atoms with van der Waals surface area (Å²) in [6.45, 7) is 13.9. The molecule has 0 aromatic heterocycles. The number of carbonyl (C=O) groups excluding carboxylic acids is 2. The molecule has 0 amide bonds. The lowest BCUT2D eigenvalue weighted by Gasteiger charge is -2.23. The van der Waals surface area contributed by atoms with Crippen LogP contribution in [0.1, 0.15) is 65.8 Å². The van der Waals surface area contributed by atoms with E-state index in [9.17, 15) is 14.7 Å². The number of hydrogen-bond donors (Lipinski definition) is 2. The van der Waals surface area contributed by atoms with Gasteiger partial charge in [-0.3, -0.25) is 9.59 Å². The molecule has 3 rings (SSSR count). The van der Waals surface area contributed by atoms with Crippen LogP contribution in [0.5, 0.6) is 23.0 Å². The number of halogens is 1. The summed E-state index contributed by atoms with van der Waals surface area (Å²) in [4.78, 5) is 26.2. The lowest BCUT2D eigenvalue weighted by atomic mass is 10.0. The van der Waals surface area contributed by atoms with Gasteiger partial charge in [0.25, 0.3) is 0 Å². The molecule has 1 atom stereocenters. The highest BCUT2D eigenvalue weighted by Gasteiger charge is 2.21. The van der Waals surface area contributed by atoms with Crippen LogP contribution in [0.25, 0.3) is 0 Å². The second kappa shape index (κ2) is 15.2. The molecular formula is C34H44ClNO7. The highest BCUT2D eigenvalue weighted by atomic mass is 35.5. The number of ether oxygens (including phenoxy) is 4. The Kier molecular flexibility index (Phi) is 12.6. The Bertz CT molecular complexity index is 1450. The second-order valence-corrected chi connectivity index (χ2v) is 11.7. The monoisotopic (exact) mass is 613 g/mol. The fraction of sp³-hybridized carbons (Fsp3) is 0.412. The van der Waals surface area contributed by atoms with Crippen molar-refractivity contribution in [3.63, 3.8) is 0 Å². The van der Waals surface area contributed by atoms with Crippen LogP contribution in [0.2, 0.25) is 0 Å². The van der Waals surface area contributed by atoms with Crippen LogP contribution in [-0.4, -0.2) is 43.3 Å². The van der Waals surface area contributed by atoms with E-state index in [0.717, 1.165) is 44.9 Å². The molecule has 3 aromatic rings. The average molecular weight is 614 g/mol. The molecule has 2 N–H and O–H groups in total. The number of esters is 2. The van der Waals surface area contributed by atoms with Gasteiger partial charge in [-0.2, -0.15) is 0 Å². The number of aliphatic hydroxyl groups is 1. The summed E-state index contributed by atoms with van der Waals surface area (Å²) >= 11 is 0. The molecule has 0 aliphatic rings. The number of benzene rings is 3. The molecule has 234 valence electrons. The van der Waals surface area contributed by atoms with Crippen LogP contribution in [-0.2, 0) is 22.4 Å². The minimum absolute atomic E-state index is 0. The molecule has 8 nitrogen and oxygen atoms in total. The third-order valence-electron chi connectivity index (χ3n) is 7.00. The number of hydrogen-bond acceptors (Lipinski definition) is 8. The van der Waals surface area contributed by atoms with Gasteiger partial charge < -0.3 is 29.4 Å². The van der Waals surface area contributed by atoms with Crippen molar-refractivity contribution in [2.24, 2.45) is 0 Å². The first-order chi connectivity index (χ1) is 19.7. The molecule has 0 spiro atoms. The maximum Gasteiger partial charge on any atom is 0.315 e. The molecule has 9 heteroatoms. The van der Waals surface area contributed by atoms with Gasteiger partial charge in [0.2, 0.25) is 0 Å². The maximum absolute atomic E-state index is 13.1. The predicted octanol–water partition coefficient (Wildman–Crippen LogP) is 6.08. The van der Waals surface area contributed by atoms with E-state index in [2.05, 4.69) is 5.32 Å². The van der Waals surface area contributed by atoms with Crippen molar-refractivity contribution in [3.8, 4) is 23.0 Å². The standard InChI is InChI=1S/C34H43NO7.ClH/c1-20-14-29(39-8)22(3)12-25(20)17-32(37)41-28-11-10-24(27(36)19-35-34(5,6)7)16-31(28)42-33(38)18-26-13-23(4)30(40-9)15-21(26)2;/h10-16,27,35-36H,17-19H2,1-9H3;1H. The normalized spacial score (nSPS) is 11.8. The Morgan fingerprint density at radius 2 is 1.19 bits per heavy atom. The third kappa shape index (κ3) is 9.99. The quantitative estimate of drug-likeness (QED) is 0.198. The van der Waals surface area contributed by atoms with Crippen molar-refractivity contribution in [3.05, 3.63) is 81.4 Å². The molecule has 0 radical (unpaired) electrons. The van der Waals surface area contributed by atoms with Crippen LogP contribution >= 0.6 is 12.4 Å². The molecule has 0 aliphatic heterocycles. The summed E-state index contributed by atoms with van der Waals surface area (Å²) in [5.74, 6) is 0.609. The molecule has 0 aliphatic carbocycles. The molecule has 3 aromatic carbocycles. The second-order valence-electron chi connectivity index (χ2n) is 11.7. The van der Waals surface area contributed by atoms with Gasteiger partial charge in [-0.15, -0.1) is 12.4 Å². The molecule has 0 heterocycles. The summed E-state index contributed by atoms with van der Waals surface area (Å²) in [7, 11) is 3.21. The van der Waals surface area contributed by atoms with E-state index in [1.807, 2.05) is 72.7 Å². The number of aliphatic hydroxyl groups excluding tert-OH is 1. The zero-order valence-electron chi connectivity index (χ0n) is 26.5. The maximum atomic E-state index is 13.1. The number of methoxy groups -OCH3 is 2. The predicted molar refractivity (Wildman–Crippen MR) is 170 cm³/mol. The smallest absolute Gasteiger partial charge is 0.315 e. The van der Waals surface area contributed by atoms with Crippen molar-refractivity contribution in [2.75, 3.05) is 20.8 Å². The average Bonchev–Trinajstić information content (AvgIpc) is 2.91. The van der Waals surface area contributed by atoms with Crippen molar-refractivity contribution < 1.29 is 33.6 Å². The van der Waals surface area contributed by atoms with Crippen molar-refractivity contribution in [2.45, 2.75) is 73.0 Å². The van der Waals surface area contributed by atoms with Gasteiger partial charge >= 0.3 is 11.9 Å². The SMILES string of the molecule is COc1cc(C)c(CC(=O)Oc2ccc(C(O)CNC(C)(C)C)cc2OC(=O)Cc2cc(C)c(OC)cc2C)cc1C.Cl. The van der Waals surface area contributed by atoms with Gasteiger partial charge in [0.1, 0.15) is 11.5 Å². The first-order valence-electron chi connectivity index (χ1n) is 14.0. The van der Waals surface area contributed by atoms with Gasteiger partial charge in [-0.1, -0.05) is 18.2 Å². The lowest BCUT2D eigenvalue weighted by molar-refractivity contribution is -0.136. The van der Waals surface area contributed by atoms with Crippen molar-refractivity contribution in [1.29, 1.82) is 0 Å². The Balaban J connectivity index is 0.00000645. The molecule has 0 saturated carbocycles. The molecule has 0 fully saturated rings. The van der Waals surface area contributed by atoms with Crippen LogP contribution in [0.4, 0.5) is 0 Å². The summed E-state index contributed by atoms with van der Waals surface area (Å²) in [5.41, 5.74) is 5.54. The van der Waals surface area contributed by atoms with Crippen molar-refractivity contribution >= 4 is 24.3 Å². The Labute approximate surface area is 261 Å². The number of rotatable bonds is 11. The van der Waals surface area contributed by atoms with Crippen LogP contribution in [0.3, 0.4) is 0 Å². The number of aryl methyl sites for hydroxylation is 4. The zero-order valence-corrected chi connectivity index (χ0v) is 27.4. The Morgan fingerprint density at radius 1 is 0.721 bits per heavy atom. The Hall–Kier alpha value is -3.59. The van der Waals surface area contributed by atoms with Gasteiger partial charge in [-0.25, -0.2) is 0 Å². The fourth-order valence-electron chi connectivity index (χ4n) is 4.56. The van der Waals surface area contributed by atoms with E-state index in [0.29, 0.717) is 5.56 Å². The Morgan fingerprint density at radius 3 is 1.63 bits per heavy atom. The lowest BCUT2D eigenvalue weighted by Crippen LogP contribution is -2.38. The van der Waals surface area contributed by atoms with Crippen LogP contribution in [0.15, 0.2) is 42.5 Å². The molecule has 0 saturated heterocycles. The van der Waals surface area contributed by atoms with Gasteiger partial charge in [0, 0.05) is 12.1 Å². The van der Waals surface area contributed by atoms with E-state index in [4.69, 9.17) is 18.9 Å². The summed E-state index contributed by atoms with van der Waals surface area (Å²) in [6.07, 6.45) is -0.844. The molecule has 0 bridgehead atoms. The van der Waals surface area contributed by atoms with Gasteiger partial charge in [0.05, 0.1) is 33.2 Å². The van der Waals surface area contributed by atoms with E-state index >= 15 is 0 Å². The largest absolute Gasteiger partial charge is 0.496 e. The van der Waals surface area contributed by atoms with E-state index in [-0.39, 0.29) is 48.8 Å². The highest BCUT2D eigenvalue weighted by molar-refractivity contribution is 5.85. The first-order valence-corrected chi connectivity index (χ1v) is 14.0. The van der Waals surface area contributed by atoms with Crippen molar-refractivity contribution in [1.82, 2.24) is 5.32 Å². The highest BCUT2D eigenvalue weighted by Crippen LogP contribution is 2.32. The number of carbonyl (C=O) groups is 2. The first kappa shape index (κ1) is 35.6. The van der Waals surface area contributed by atoms with E-state index < -0.39 is 18.0 Å². The summed E-state index contributed by atoms with van der Waals surface area (Å²) in [5, 5.41) is 14.1. The van der Waals surface area contributed by atoms with E-state index in [1.165, 1.54) is 0 Å². The van der Waals surface area contributed by atoms with E-state index in [1.54, 1.807) is 32.4 Å². The number of nitrogens with one attached hydrogen (secondary N) is 1. The van der Waals surface area contributed by atoms with Crippen LogP contribution < -0.4 is 24.3 Å². The summed E-state index contributed by atoms with van der Waals surface area (Å²) in [6, 6.07) is 12.3. The molecule has 43 heavy (non-hydrogen) atoms. The molecular weight excluding hydrogens is 570 g/mol.